The zero-order valence-electron chi connectivity index (χ0n) is 16.7. The van der Waals surface area contributed by atoms with E-state index < -0.39 is 0 Å². The molecule has 1 unspecified atom stereocenters. The van der Waals surface area contributed by atoms with Gasteiger partial charge < -0.3 is 20.3 Å². The van der Waals surface area contributed by atoms with E-state index in [0.717, 1.165) is 5.56 Å². The molecule has 1 atom stereocenters. The fourth-order valence-electron chi connectivity index (χ4n) is 3.24. The predicted octanol–water partition coefficient (Wildman–Crippen LogP) is 2.61. The van der Waals surface area contributed by atoms with Crippen molar-refractivity contribution in [2.24, 2.45) is 4.99 Å². The van der Waals surface area contributed by atoms with Crippen LogP contribution in [0.15, 0.2) is 65.7 Å². The van der Waals surface area contributed by atoms with Crippen LogP contribution in [-0.4, -0.2) is 56.7 Å². The fourth-order valence-corrected chi connectivity index (χ4v) is 3.24. The number of benzene rings is 2. The van der Waals surface area contributed by atoms with Gasteiger partial charge in [-0.05, 0) is 11.1 Å². The van der Waals surface area contributed by atoms with Gasteiger partial charge in [0, 0.05) is 33.2 Å². The van der Waals surface area contributed by atoms with Gasteiger partial charge in [-0.1, -0.05) is 60.7 Å². The van der Waals surface area contributed by atoms with Crippen molar-refractivity contribution in [2.75, 3.05) is 39.9 Å². The standard InChI is InChI=1S/C22H28N4O2.HI/c1-23-22(24-16-18-8-4-2-5-9-18)25-17-20(19-10-6-3-7-11-19)21(27)26-12-14-28-15-13-26;/h2-11,20H,12-17H2,1H3,(H2,23,24,25);1H. The monoisotopic (exact) mass is 508 g/mol. The Morgan fingerprint density at radius 2 is 1.66 bits per heavy atom. The first-order valence-electron chi connectivity index (χ1n) is 9.68. The zero-order valence-corrected chi connectivity index (χ0v) is 19.0. The molecule has 0 radical (unpaired) electrons. The lowest BCUT2D eigenvalue weighted by atomic mass is 9.97. The maximum atomic E-state index is 13.1. The highest BCUT2D eigenvalue weighted by Gasteiger charge is 2.27. The zero-order chi connectivity index (χ0) is 19.6. The first-order chi connectivity index (χ1) is 13.8. The molecule has 1 heterocycles. The summed E-state index contributed by atoms with van der Waals surface area (Å²) in [4.78, 5) is 19.3. The van der Waals surface area contributed by atoms with Crippen molar-refractivity contribution in [3.05, 3.63) is 71.8 Å². The molecule has 7 heteroatoms. The first-order valence-corrected chi connectivity index (χ1v) is 9.68. The van der Waals surface area contributed by atoms with Crippen molar-refractivity contribution < 1.29 is 9.53 Å². The van der Waals surface area contributed by atoms with Crippen LogP contribution >= 0.6 is 24.0 Å². The maximum Gasteiger partial charge on any atom is 0.232 e. The molecule has 1 aliphatic rings. The summed E-state index contributed by atoms with van der Waals surface area (Å²) in [5.74, 6) is 0.537. The van der Waals surface area contributed by atoms with Gasteiger partial charge in [-0.2, -0.15) is 0 Å². The number of nitrogens with one attached hydrogen (secondary N) is 2. The van der Waals surface area contributed by atoms with Crippen molar-refractivity contribution in [1.82, 2.24) is 15.5 Å². The van der Waals surface area contributed by atoms with E-state index in [2.05, 4.69) is 27.8 Å². The van der Waals surface area contributed by atoms with Gasteiger partial charge in [-0.3, -0.25) is 9.79 Å². The summed E-state index contributed by atoms with van der Waals surface area (Å²) in [6, 6.07) is 20.1. The molecule has 2 aromatic rings. The highest BCUT2D eigenvalue weighted by molar-refractivity contribution is 14.0. The van der Waals surface area contributed by atoms with Crippen molar-refractivity contribution in [3.63, 3.8) is 0 Å². The molecule has 0 spiro atoms. The highest BCUT2D eigenvalue weighted by atomic mass is 127. The minimum absolute atomic E-state index is 0. The molecule has 2 N–H and O–H groups in total. The second kappa shape index (κ2) is 12.4. The molecule has 0 bridgehead atoms. The second-order valence-electron chi connectivity index (χ2n) is 6.69. The minimum Gasteiger partial charge on any atom is -0.378 e. The van der Waals surface area contributed by atoms with Gasteiger partial charge in [0.2, 0.25) is 5.91 Å². The van der Waals surface area contributed by atoms with Crippen LogP contribution in [0, 0.1) is 0 Å². The van der Waals surface area contributed by atoms with E-state index in [9.17, 15) is 4.79 Å². The number of aliphatic imine (C=N–C) groups is 1. The molecule has 1 saturated heterocycles. The second-order valence-corrected chi connectivity index (χ2v) is 6.69. The molecule has 0 aromatic heterocycles. The normalized spacial score (nSPS) is 15.2. The Morgan fingerprint density at radius 3 is 2.28 bits per heavy atom. The minimum atomic E-state index is -0.269. The summed E-state index contributed by atoms with van der Waals surface area (Å²) in [6.45, 7) is 3.64. The maximum absolute atomic E-state index is 13.1. The Labute approximate surface area is 189 Å². The molecule has 1 aliphatic heterocycles. The Bertz CT molecular complexity index is 765. The van der Waals surface area contributed by atoms with E-state index in [1.54, 1.807) is 7.05 Å². The summed E-state index contributed by atoms with van der Waals surface area (Å²) in [5, 5.41) is 6.62. The SMILES string of the molecule is CN=C(NCc1ccccc1)NCC(C(=O)N1CCOCC1)c1ccccc1.I. The molecule has 3 rings (SSSR count). The van der Waals surface area contributed by atoms with Gasteiger partial charge >= 0.3 is 0 Å². The van der Waals surface area contributed by atoms with E-state index >= 15 is 0 Å². The van der Waals surface area contributed by atoms with Gasteiger partial charge in [-0.25, -0.2) is 0 Å². The number of amides is 1. The van der Waals surface area contributed by atoms with Gasteiger partial charge in [0.1, 0.15) is 0 Å². The van der Waals surface area contributed by atoms with Gasteiger partial charge in [-0.15, -0.1) is 24.0 Å². The van der Waals surface area contributed by atoms with Crippen molar-refractivity contribution in [3.8, 4) is 0 Å². The summed E-state index contributed by atoms with van der Waals surface area (Å²) >= 11 is 0. The van der Waals surface area contributed by atoms with E-state index in [0.29, 0.717) is 45.4 Å². The van der Waals surface area contributed by atoms with E-state index in [1.165, 1.54) is 5.56 Å². The number of halogens is 1. The van der Waals surface area contributed by atoms with Crippen LogP contribution in [0.3, 0.4) is 0 Å². The number of rotatable bonds is 6. The van der Waals surface area contributed by atoms with E-state index in [1.807, 2.05) is 53.4 Å². The van der Waals surface area contributed by atoms with Crippen LogP contribution in [0.2, 0.25) is 0 Å². The van der Waals surface area contributed by atoms with Crippen LogP contribution in [0.1, 0.15) is 17.0 Å². The summed E-state index contributed by atoms with van der Waals surface area (Å²) in [7, 11) is 1.74. The molecule has 156 valence electrons. The van der Waals surface area contributed by atoms with E-state index in [4.69, 9.17) is 4.74 Å². The van der Waals surface area contributed by atoms with Crippen LogP contribution in [0.5, 0.6) is 0 Å². The lowest BCUT2D eigenvalue weighted by molar-refractivity contribution is -0.136. The molecule has 0 aliphatic carbocycles. The summed E-state index contributed by atoms with van der Waals surface area (Å²) in [5.41, 5.74) is 2.18. The average Bonchev–Trinajstić information content (AvgIpc) is 2.78. The number of morpholine rings is 1. The van der Waals surface area contributed by atoms with Crippen LogP contribution in [-0.2, 0) is 16.1 Å². The van der Waals surface area contributed by atoms with Gasteiger partial charge in [0.25, 0.3) is 0 Å². The number of guanidine groups is 1. The van der Waals surface area contributed by atoms with E-state index in [-0.39, 0.29) is 35.8 Å². The van der Waals surface area contributed by atoms with Crippen molar-refractivity contribution in [2.45, 2.75) is 12.5 Å². The molecular weight excluding hydrogens is 479 g/mol. The topological polar surface area (TPSA) is 66.0 Å². The lowest BCUT2D eigenvalue weighted by Gasteiger charge is -2.31. The summed E-state index contributed by atoms with van der Waals surface area (Å²) < 4.78 is 5.39. The molecule has 29 heavy (non-hydrogen) atoms. The lowest BCUT2D eigenvalue weighted by Crippen LogP contribution is -2.47. The molecule has 1 fully saturated rings. The molecule has 1 amide bonds. The summed E-state index contributed by atoms with van der Waals surface area (Å²) in [6.07, 6.45) is 0. The fraction of sp³-hybridized carbons (Fsp3) is 0.364. The van der Waals surface area contributed by atoms with Gasteiger partial charge in [0.05, 0.1) is 19.1 Å². The smallest absolute Gasteiger partial charge is 0.232 e. The molecule has 0 saturated carbocycles. The third-order valence-corrected chi connectivity index (χ3v) is 4.82. The van der Waals surface area contributed by atoms with Crippen LogP contribution in [0.25, 0.3) is 0 Å². The Morgan fingerprint density at radius 1 is 1.03 bits per heavy atom. The number of hydrogen-bond acceptors (Lipinski definition) is 3. The predicted molar refractivity (Wildman–Crippen MR) is 127 cm³/mol. The highest BCUT2D eigenvalue weighted by Crippen LogP contribution is 2.18. The van der Waals surface area contributed by atoms with Crippen LogP contribution < -0.4 is 10.6 Å². The third-order valence-electron chi connectivity index (χ3n) is 4.82. The average molecular weight is 508 g/mol. The number of carbonyl (C=O) groups excluding carboxylic acids is 1. The molecular formula is C22H29IN4O2. The number of ether oxygens (including phenoxy) is 1. The number of nitrogens with zero attached hydrogens (tertiary/aromatic N) is 2. The Kier molecular flexibility index (Phi) is 9.93. The van der Waals surface area contributed by atoms with Crippen molar-refractivity contribution >= 4 is 35.8 Å². The van der Waals surface area contributed by atoms with Gasteiger partial charge in [0.15, 0.2) is 5.96 Å². The largest absolute Gasteiger partial charge is 0.378 e. The Hall–Kier alpha value is -2.13. The quantitative estimate of drug-likeness (QED) is 0.358. The number of hydrogen-bond donors (Lipinski definition) is 2. The Balaban J connectivity index is 0.00000300. The third kappa shape index (κ3) is 7.01. The molecule has 6 nitrogen and oxygen atoms in total. The van der Waals surface area contributed by atoms with Crippen molar-refractivity contribution in [1.29, 1.82) is 0 Å². The first kappa shape index (κ1) is 23.2. The number of carbonyl (C=O) groups is 1. The van der Waals surface area contributed by atoms with Crippen LogP contribution in [0.4, 0.5) is 0 Å². The molecule has 2 aromatic carbocycles.